The molecule has 0 saturated heterocycles. The van der Waals surface area contributed by atoms with Gasteiger partial charge >= 0.3 is 0 Å². The number of hydrogen-bond donors (Lipinski definition) is 1. The van der Waals surface area contributed by atoms with Gasteiger partial charge in [0.1, 0.15) is 11.6 Å². The van der Waals surface area contributed by atoms with Crippen LogP contribution in [0, 0.1) is 11.6 Å². The maximum absolute atomic E-state index is 13.4. The number of hydrogen-bond acceptors (Lipinski definition) is 2. The molecule has 0 aliphatic heterocycles. The summed E-state index contributed by atoms with van der Waals surface area (Å²) in [6.45, 7) is 0. The molecule has 0 spiro atoms. The summed E-state index contributed by atoms with van der Waals surface area (Å²) in [4.78, 5) is 3.86. The molecule has 104 valence electrons. The van der Waals surface area contributed by atoms with Gasteiger partial charge in [-0.05, 0) is 24.6 Å². The molecule has 1 N–H and O–H groups in total. The fourth-order valence-corrected chi connectivity index (χ4v) is 1.93. The first kappa shape index (κ1) is 15.6. The largest absolute Gasteiger partial charge is 0.333 e. The van der Waals surface area contributed by atoms with Crippen molar-refractivity contribution < 1.29 is 17.6 Å². The predicted molar refractivity (Wildman–Crippen MR) is 70.7 cm³/mol. The Kier molecular flexibility index (Phi) is 6.41. The molecule has 0 fully saturated rings. The third kappa shape index (κ3) is 5.78. The van der Waals surface area contributed by atoms with Crippen LogP contribution >= 0.6 is 11.8 Å². The molecule has 0 heterocycles. The zero-order valence-electron chi connectivity index (χ0n) is 10.1. The van der Waals surface area contributed by atoms with Crippen LogP contribution in [0.25, 0.3) is 0 Å². The van der Waals surface area contributed by atoms with Gasteiger partial charge in [-0.15, -0.1) is 0 Å². The van der Waals surface area contributed by atoms with Crippen LogP contribution < -0.4 is 5.32 Å². The fraction of sp³-hybridized carbons (Fsp3) is 0.250. The third-order valence-electron chi connectivity index (χ3n) is 2.03. The van der Waals surface area contributed by atoms with Crippen molar-refractivity contribution in [1.29, 1.82) is 0 Å². The summed E-state index contributed by atoms with van der Waals surface area (Å²) in [7, 11) is 1.49. The molecule has 1 aromatic carbocycles. The number of rotatable bonds is 4. The normalized spacial score (nSPS) is 11.3. The molecule has 0 atom stereocenters. The highest BCUT2D eigenvalue weighted by Gasteiger charge is 2.06. The maximum Gasteiger partial charge on any atom is 0.266 e. The first-order chi connectivity index (χ1) is 9.02. The molecule has 0 bridgehead atoms. The van der Waals surface area contributed by atoms with E-state index in [9.17, 15) is 17.6 Å². The third-order valence-corrected chi connectivity index (χ3v) is 3.03. The zero-order chi connectivity index (χ0) is 14.3. The highest BCUT2D eigenvalue weighted by atomic mass is 32.2. The monoisotopic (exact) mass is 292 g/mol. The number of nitrogens with zero attached hydrogens (tertiary/aromatic N) is 1. The molecule has 2 nitrogen and oxygen atoms in total. The molecule has 0 aromatic heterocycles. The van der Waals surface area contributed by atoms with Crippen LogP contribution in [0.5, 0.6) is 0 Å². The Balaban J connectivity index is 2.55. The van der Waals surface area contributed by atoms with Gasteiger partial charge in [0.2, 0.25) is 0 Å². The SMILES string of the molecule is CN=C(Nc1ccc(F)cc1F)SCCC=C(F)F. The quantitative estimate of drug-likeness (QED) is 0.388. The summed E-state index contributed by atoms with van der Waals surface area (Å²) in [5.41, 5.74) is 0.0849. The number of nitrogens with one attached hydrogen (secondary N) is 1. The van der Waals surface area contributed by atoms with Gasteiger partial charge in [-0.3, -0.25) is 4.99 Å². The summed E-state index contributed by atoms with van der Waals surface area (Å²) in [6, 6.07) is 3.11. The molecule has 0 saturated carbocycles. The second kappa shape index (κ2) is 7.83. The molecule has 1 aromatic rings. The van der Waals surface area contributed by atoms with E-state index in [1.807, 2.05) is 0 Å². The maximum atomic E-state index is 13.4. The number of halogens is 4. The molecule has 19 heavy (non-hydrogen) atoms. The molecule has 0 aliphatic rings. The Labute approximate surface area is 112 Å². The van der Waals surface area contributed by atoms with Crippen LogP contribution in [0.2, 0.25) is 0 Å². The van der Waals surface area contributed by atoms with Crippen LogP contribution in [0.4, 0.5) is 23.2 Å². The Hall–Kier alpha value is -1.50. The summed E-state index contributed by atoms with van der Waals surface area (Å²) in [5, 5.41) is 3.05. The Morgan fingerprint density at radius 2 is 2.11 bits per heavy atom. The number of benzene rings is 1. The van der Waals surface area contributed by atoms with E-state index in [1.165, 1.54) is 24.9 Å². The van der Waals surface area contributed by atoms with Crippen LogP contribution in [0.3, 0.4) is 0 Å². The van der Waals surface area contributed by atoms with Crippen molar-refractivity contribution in [2.45, 2.75) is 6.42 Å². The van der Waals surface area contributed by atoms with Crippen molar-refractivity contribution in [3.05, 3.63) is 42.0 Å². The minimum absolute atomic E-state index is 0.0849. The summed E-state index contributed by atoms with van der Waals surface area (Å²) in [5.74, 6) is -1.04. The standard InChI is InChI=1S/C12H12F4N2S/c1-17-12(19-6-2-3-11(15)16)18-10-5-4-8(13)7-9(10)14/h3-5,7H,2,6H2,1H3,(H,17,18). The fourth-order valence-electron chi connectivity index (χ4n) is 1.19. The predicted octanol–water partition coefficient (Wildman–Crippen LogP) is 4.27. The van der Waals surface area contributed by atoms with Crippen molar-refractivity contribution in [1.82, 2.24) is 0 Å². The molecular weight excluding hydrogens is 280 g/mol. The molecule has 7 heteroatoms. The summed E-state index contributed by atoms with van der Waals surface area (Å²) >= 11 is 1.17. The number of allylic oxidation sites excluding steroid dienone is 1. The first-order valence-corrected chi connectivity index (χ1v) is 6.34. The van der Waals surface area contributed by atoms with E-state index in [0.717, 1.165) is 18.2 Å². The summed E-state index contributed by atoms with van der Waals surface area (Å²) in [6.07, 6.45) is -0.744. The van der Waals surface area contributed by atoms with Crippen molar-refractivity contribution in [3.8, 4) is 0 Å². The van der Waals surface area contributed by atoms with Gasteiger partial charge in [0, 0.05) is 18.9 Å². The molecule has 0 amide bonds. The number of amidine groups is 1. The second-order valence-electron chi connectivity index (χ2n) is 3.41. The molecule has 0 radical (unpaired) electrons. The van der Waals surface area contributed by atoms with Crippen molar-refractivity contribution in [3.63, 3.8) is 0 Å². The van der Waals surface area contributed by atoms with Gasteiger partial charge in [-0.2, -0.15) is 8.78 Å². The molecule has 1 rings (SSSR count). The zero-order valence-corrected chi connectivity index (χ0v) is 10.9. The van der Waals surface area contributed by atoms with Crippen molar-refractivity contribution in [2.24, 2.45) is 4.99 Å². The number of thioether (sulfide) groups is 1. The van der Waals surface area contributed by atoms with Crippen LogP contribution in [0.15, 0.2) is 35.3 Å². The number of anilines is 1. The van der Waals surface area contributed by atoms with Gasteiger partial charge in [-0.1, -0.05) is 11.8 Å². The summed E-state index contributed by atoms with van der Waals surface area (Å²) < 4.78 is 49.7. The van der Waals surface area contributed by atoms with Crippen molar-refractivity contribution >= 4 is 22.6 Å². The lowest BCUT2D eigenvalue weighted by molar-refractivity contribution is 0.418. The lowest BCUT2D eigenvalue weighted by atomic mass is 10.3. The minimum Gasteiger partial charge on any atom is -0.333 e. The lowest BCUT2D eigenvalue weighted by Crippen LogP contribution is -2.10. The smallest absolute Gasteiger partial charge is 0.266 e. The van der Waals surface area contributed by atoms with E-state index in [-0.39, 0.29) is 12.1 Å². The van der Waals surface area contributed by atoms with E-state index >= 15 is 0 Å². The van der Waals surface area contributed by atoms with Crippen LogP contribution in [-0.2, 0) is 0 Å². The van der Waals surface area contributed by atoms with Crippen LogP contribution in [-0.4, -0.2) is 18.0 Å². The molecular formula is C12H12F4N2S. The highest BCUT2D eigenvalue weighted by molar-refractivity contribution is 8.14. The molecule has 0 unspecified atom stereocenters. The van der Waals surface area contributed by atoms with Gasteiger partial charge in [0.05, 0.1) is 5.69 Å². The van der Waals surface area contributed by atoms with Gasteiger partial charge in [0.25, 0.3) is 6.08 Å². The minimum atomic E-state index is -1.73. The first-order valence-electron chi connectivity index (χ1n) is 5.35. The van der Waals surface area contributed by atoms with E-state index in [1.54, 1.807) is 0 Å². The van der Waals surface area contributed by atoms with Gasteiger partial charge < -0.3 is 5.32 Å². The van der Waals surface area contributed by atoms with E-state index in [2.05, 4.69) is 10.3 Å². The van der Waals surface area contributed by atoms with E-state index < -0.39 is 17.7 Å². The van der Waals surface area contributed by atoms with E-state index in [0.29, 0.717) is 10.9 Å². The average molecular weight is 292 g/mol. The lowest BCUT2D eigenvalue weighted by Gasteiger charge is -2.09. The Morgan fingerprint density at radius 3 is 2.68 bits per heavy atom. The van der Waals surface area contributed by atoms with Gasteiger partial charge in [-0.25, -0.2) is 8.78 Å². The molecule has 0 aliphatic carbocycles. The van der Waals surface area contributed by atoms with Crippen molar-refractivity contribution in [2.75, 3.05) is 18.1 Å². The Morgan fingerprint density at radius 1 is 1.37 bits per heavy atom. The highest BCUT2D eigenvalue weighted by Crippen LogP contribution is 2.18. The van der Waals surface area contributed by atoms with Gasteiger partial charge in [0.15, 0.2) is 5.17 Å². The topological polar surface area (TPSA) is 24.4 Å². The van der Waals surface area contributed by atoms with Crippen LogP contribution in [0.1, 0.15) is 6.42 Å². The average Bonchev–Trinajstić information content (AvgIpc) is 2.35. The second-order valence-corrected chi connectivity index (χ2v) is 4.49. The van der Waals surface area contributed by atoms with E-state index in [4.69, 9.17) is 0 Å². The number of aliphatic imine (C=N–C) groups is 1. The Bertz CT molecular complexity index is 485.